The molecule has 0 N–H and O–H groups in total. The summed E-state index contributed by atoms with van der Waals surface area (Å²) in [5.74, 6) is 0. The number of hydrogen-bond donors (Lipinski definition) is 0. The molecule has 0 unspecified atom stereocenters. The molecule has 3 heterocycles. The Morgan fingerprint density at radius 2 is 0.692 bits per heavy atom. The Morgan fingerprint density at radius 1 is 0.346 bits per heavy atom. The first-order chi connectivity index (χ1) is 25.6. The topological polar surface area (TPSA) is 72.8 Å². The highest BCUT2D eigenvalue weighted by Gasteiger charge is 2.38. The second-order valence-corrected chi connectivity index (χ2v) is 17.8. The summed E-state index contributed by atoms with van der Waals surface area (Å²) in [6.07, 6.45) is 3.48. The number of benzene rings is 5. The molecule has 7 heteroatoms. The minimum absolute atomic E-state index is 0.583. The van der Waals surface area contributed by atoms with E-state index in [9.17, 15) is 0 Å². The lowest BCUT2D eigenvalue weighted by molar-refractivity contribution is 0.592. The Morgan fingerprint density at radius 3 is 1.02 bits per heavy atom. The van der Waals surface area contributed by atoms with Crippen LogP contribution in [0.4, 0.5) is 0 Å². The van der Waals surface area contributed by atoms with E-state index < -0.39 is 14.3 Å². The van der Waals surface area contributed by atoms with E-state index in [-0.39, 0.29) is 0 Å². The molecule has 0 aliphatic rings. The van der Waals surface area contributed by atoms with Crippen LogP contribution >= 0.6 is 14.3 Å². The van der Waals surface area contributed by atoms with Crippen molar-refractivity contribution in [1.82, 2.24) is 15.0 Å². The van der Waals surface area contributed by atoms with Gasteiger partial charge >= 0.3 is 0 Å². The maximum Gasteiger partial charge on any atom is 0.171 e. The number of pyridine rings is 3. The van der Waals surface area contributed by atoms with Crippen LogP contribution in [0.3, 0.4) is 0 Å². The maximum absolute atomic E-state index is 16.3. The number of nitrogens with zero attached hydrogens (tertiary/aromatic N) is 3. The van der Waals surface area contributed by atoms with Gasteiger partial charge in [0.15, 0.2) is 14.3 Å². The van der Waals surface area contributed by atoms with E-state index in [0.717, 1.165) is 0 Å². The smallest absolute Gasteiger partial charge is 0.171 e. The van der Waals surface area contributed by atoms with Crippen molar-refractivity contribution in [2.45, 2.75) is 0 Å². The van der Waals surface area contributed by atoms with Gasteiger partial charge in [0.1, 0.15) is 0 Å². The Balaban J connectivity index is 1.55. The first-order valence-electron chi connectivity index (χ1n) is 17.0. The summed E-state index contributed by atoms with van der Waals surface area (Å²) >= 11 is 0. The third-order valence-electron chi connectivity index (χ3n) is 9.15. The molecule has 0 bridgehead atoms. The van der Waals surface area contributed by atoms with Crippen molar-refractivity contribution in [3.8, 4) is 33.9 Å². The van der Waals surface area contributed by atoms with Crippen molar-refractivity contribution in [1.29, 1.82) is 0 Å². The van der Waals surface area contributed by atoms with E-state index in [4.69, 9.17) is 4.98 Å². The molecule has 8 aromatic rings. The molecule has 0 radical (unpaired) electrons. The fourth-order valence-electron chi connectivity index (χ4n) is 6.72. The van der Waals surface area contributed by atoms with Gasteiger partial charge < -0.3 is 9.13 Å². The molecule has 0 atom stereocenters. The molecule has 0 aliphatic carbocycles. The average molecular weight is 710 g/mol. The fourth-order valence-corrected chi connectivity index (χ4v) is 12.6. The molecule has 5 aromatic carbocycles. The molecule has 3 aromatic heterocycles. The Labute approximate surface area is 303 Å². The summed E-state index contributed by atoms with van der Waals surface area (Å²) in [4.78, 5) is 14.4. The predicted octanol–water partition coefficient (Wildman–Crippen LogP) is 8.15. The van der Waals surface area contributed by atoms with E-state index >= 15 is 9.13 Å². The van der Waals surface area contributed by atoms with Crippen molar-refractivity contribution in [3.05, 3.63) is 200 Å². The molecular formula is C45H33N3O2P2. The minimum atomic E-state index is -3.61. The van der Waals surface area contributed by atoms with Gasteiger partial charge in [-0.3, -0.25) is 9.97 Å². The zero-order valence-electron chi connectivity index (χ0n) is 28.1. The first kappa shape index (κ1) is 33.2. The van der Waals surface area contributed by atoms with Gasteiger partial charge in [0.05, 0.1) is 22.8 Å². The van der Waals surface area contributed by atoms with Crippen LogP contribution in [0.25, 0.3) is 33.9 Å². The van der Waals surface area contributed by atoms with Gasteiger partial charge in [0, 0.05) is 49.8 Å². The van der Waals surface area contributed by atoms with E-state index in [1.165, 1.54) is 0 Å². The highest BCUT2D eigenvalue weighted by Crippen LogP contribution is 2.50. The summed E-state index contributed by atoms with van der Waals surface area (Å²) in [5, 5.41) is 3.88. The van der Waals surface area contributed by atoms with Crippen LogP contribution in [-0.2, 0) is 9.13 Å². The minimum Gasteiger partial charge on any atom is -0.309 e. The summed E-state index contributed by atoms with van der Waals surface area (Å²) < 4.78 is 32.7. The lowest BCUT2D eigenvalue weighted by Gasteiger charge is -2.28. The normalized spacial score (nSPS) is 11.6. The van der Waals surface area contributed by atoms with E-state index in [2.05, 4.69) is 9.97 Å². The van der Waals surface area contributed by atoms with Crippen LogP contribution in [0.2, 0.25) is 0 Å². The van der Waals surface area contributed by atoms with Crippen LogP contribution in [0.5, 0.6) is 0 Å². The van der Waals surface area contributed by atoms with E-state index in [1.807, 2.05) is 188 Å². The van der Waals surface area contributed by atoms with Crippen molar-refractivity contribution < 1.29 is 9.13 Å². The quantitative estimate of drug-likeness (QED) is 0.142. The first-order valence-corrected chi connectivity index (χ1v) is 20.4. The van der Waals surface area contributed by atoms with Crippen LogP contribution < -0.4 is 31.8 Å². The molecule has 0 saturated carbocycles. The Kier molecular flexibility index (Phi) is 9.14. The zero-order chi connectivity index (χ0) is 35.4. The molecule has 0 fully saturated rings. The van der Waals surface area contributed by atoms with Gasteiger partial charge in [-0.1, -0.05) is 152 Å². The lowest BCUT2D eigenvalue weighted by atomic mass is 10.0. The van der Waals surface area contributed by atoms with Crippen molar-refractivity contribution in [2.75, 3.05) is 0 Å². The summed E-state index contributed by atoms with van der Waals surface area (Å²) in [7, 11) is -7.21. The van der Waals surface area contributed by atoms with Gasteiger partial charge in [-0.25, -0.2) is 4.98 Å². The molecule has 0 spiro atoms. The van der Waals surface area contributed by atoms with Crippen LogP contribution in [-0.4, -0.2) is 15.0 Å². The second kappa shape index (κ2) is 14.3. The van der Waals surface area contributed by atoms with Gasteiger partial charge in [0.2, 0.25) is 0 Å². The lowest BCUT2D eigenvalue weighted by Crippen LogP contribution is -2.33. The molecule has 5 nitrogen and oxygen atoms in total. The summed E-state index contributed by atoms with van der Waals surface area (Å²) in [6, 6.07) is 59.5. The number of aromatic nitrogens is 3. The fraction of sp³-hybridized carbons (Fsp3) is 0. The van der Waals surface area contributed by atoms with Crippen molar-refractivity contribution >= 4 is 46.1 Å². The highest BCUT2D eigenvalue weighted by atomic mass is 31.2. The molecule has 0 amide bonds. The molecule has 0 aliphatic heterocycles. The van der Waals surface area contributed by atoms with Gasteiger partial charge in [-0.15, -0.1) is 0 Å². The van der Waals surface area contributed by atoms with Crippen LogP contribution in [0.15, 0.2) is 200 Å². The van der Waals surface area contributed by atoms with Gasteiger partial charge in [0.25, 0.3) is 0 Å². The van der Waals surface area contributed by atoms with E-state index in [1.54, 1.807) is 12.4 Å². The molecule has 0 saturated heterocycles. The molecule has 250 valence electrons. The SMILES string of the molecule is O=P(c1ccccc1)(c1ccccc1)c1cccc(P(=O)(c2ccccc2)c2ccccc2)c1-c1cc(-c2ccccn2)nc(-c2ccccn2)c1. The van der Waals surface area contributed by atoms with Crippen LogP contribution in [0, 0.1) is 0 Å². The van der Waals surface area contributed by atoms with Crippen molar-refractivity contribution in [3.63, 3.8) is 0 Å². The van der Waals surface area contributed by atoms with Gasteiger partial charge in [-0.05, 0) is 42.0 Å². The third-order valence-corrected chi connectivity index (χ3v) is 15.4. The molecular weight excluding hydrogens is 676 g/mol. The van der Waals surface area contributed by atoms with Gasteiger partial charge in [-0.2, -0.15) is 0 Å². The van der Waals surface area contributed by atoms with Crippen molar-refractivity contribution in [2.24, 2.45) is 0 Å². The molecule has 8 rings (SSSR count). The van der Waals surface area contributed by atoms with Crippen LogP contribution in [0.1, 0.15) is 0 Å². The monoisotopic (exact) mass is 709 g/mol. The average Bonchev–Trinajstić information content (AvgIpc) is 3.24. The Bertz CT molecular complexity index is 2290. The number of rotatable bonds is 9. The zero-order valence-corrected chi connectivity index (χ0v) is 29.9. The summed E-state index contributed by atoms with van der Waals surface area (Å²) in [6.45, 7) is 0. The largest absolute Gasteiger partial charge is 0.309 e. The standard InChI is InChI=1S/C45H33N3O2P2/c49-51(35-18-5-1-6-19-35,36-20-7-2-8-21-36)43-28-17-29-44(52(50,37-22-9-3-10-23-37)38-24-11-4-12-25-38)45(43)34-32-41(39-26-13-15-30-46-39)48-42(33-34)40-27-14-16-31-47-40/h1-33H. The van der Waals surface area contributed by atoms with E-state index in [0.29, 0.717) is 65.7 Å². The summed E-state index contributed by atoms with van der Waals surface area (Å²) in [5.41, 5.74) is 3.91. The highest BCUT2D eigenvalue weighted by molar-refractivity contribution is 7.87. The maximum atomic E-state index is 16.3. The predicted molar refractivity (Wildman–Crippen MR) is 215 cm³/mol. The molecule has 52 heavy (non-hydrogen) atoms. The second-order valence-electron chi connectivity index (χ2n) is 12.3. The number of hydrogen-bond acceptors (Lipinski definition) is 5. The Hall–Kier alpha value is -5.99. The third kappa shape index (κ3) is 6.05.